The predicted octanol–water partition coefficient (Wildman–Crippen LogP) is 3.77. The van der Waals surface area contributed by atoms with Crippen molar-refractivity contribution < 1.29 is 22.7 Å². The van der Waals surface area contributed by atoms with Crippen molar-refractivity contribution in [2.75, 3.05) is 32.1 Å². The highest BCUT2D eigenvalue weighted by atomic mass is 32.2. The minimum Gasteiger partial charge on any atom is -0.490 e. The van der Waals surface area contributed by atoms with Gasteiger partial charge in [-0.25, -0.2) is 12.7 Å². The molecule has 186 valence electrons. The van der Waals surface area contributed by atoms with Crippen LogP contribution in [-0.2, 0) is 27.8 Å². The number of sulfonamides is 1. The molecule has 0 aromatic heterocycles. The summed E-state index contributed by atoms with van der Waals surface area (Å²) in [6.45, 7) is 5.97. The van der Waals surface area contributed by atoms with Crippen LogP contribution in [0, 0.1) is 5.92 Å². The topological polar surface area (TPSA) is 84.9 Å². The third kappa shape index (κ3) is 7.46. The Kier molecular flexibility index (Phi) is 9.77. The minimum absolute atomic E-state index is 0.0998. The van der Waals surface area contributed by atoms with Crippen LogP contribution in [0.15, 0.2) is 48.5 Å². The van der Waals surface area contributed by atoms with Crippen molar-refractivity contribution in [1.29, 1.82) is 0 Å². The molecule has 1 saturated heterocycles. The van der Waals surface area contributed by atoms with E-state index in [9.17, 15) is 13.2 Å². The van der Waals surface area contributed by atoms with Crippen molar-refractivity contribution in [2.45, 2.75) is 46.1 Å². The monoisotopic (exact) mass is 488 g/mol. The fourth-order valence-electron chi connectivity index (χ4n) is 4.18. The summed E-state index contributed by atoms with van der Waals surface area (Å²) < 4.78 is 38.5. The smallest absolute Gasteiger partial charge is 0.224 e. The number of nitrogens with one attached hydrogen (secondary N) is 1. The van der Waals surface area contributed by atoms with Crippen LogP contribution in [0.25, 0.3) is 0 Å². The number of carbonyl (C=O) groups excluding carboxylic acids is 1. The Labute approximate surface area is 203 Å². The van der Waals surface area contributed by atoms with Crippen molar-refractivity contribution in [2.24, 2.45) is 5.92 Å². The number of amides is 1. The van der Waals surface area contributed by atoms with E-state index in [1.807, 2.05) is 62.4 Å². The highest BCUT2D eigenvalue weighted by Gasteiger charge is 2.32. The second kappa shape index (κ2) is 12.8. The molecule has 8 heteroatoms. The van der Waals surface area contributed by atoms with Gasteiger partial charge in [0.25, 0.3) is 0 Å². The van der Waals surface area contributed by atoms with Gasteiger partial charge < -0.3 is 14.8 Å². The average Bonchev–Trinajstić information content (AvgIpc) is 2.85. The summed E-state index contributed by atoms with van der Waals surface area (Å²) in [7, 11) is -3.39. The van der Waals surface area contributed by atoms with E-state index in [0.717, 1.165) is 17.5 Å². The molecule has 1 aliphatic heterocycles. The summed E-state index contributed by atoms with van der Waals surface area (Å²) in [6.07, 6.45) is 2.67. The number of hydrogen-bond acceptors (Lipinski definition) is 5. The predicted molar refractivity (Wildman–Crippen MR) is 133 cm³/mol. The number of carbonyl (C=O) groups is 1. The molecule has 0 unspecified atom stereocenters. The molecule has 1 aliphatic rings. The molecule has 34 heavy (non-hydrogen) atoms. The van der Waals surface area contributed by atoms with Gasteiger partial charge in [-0.15, -0.1) is 0 Å². The van der Waals surface area contributed by atoms with Crippen LogP contribution in [0.4, 0.5) is 0 Å². The van der Waals surface area contributed by atoms with Crippen LogP contribution in [0.2, 0.25) is 0 Å². The molecular weight excluding hydrogens is 452 g/mol. The number of benzene rings is 2. The van der Waals surface area contributed by atoms with Crippen LogP contribution >= 0.6 is 0 Å². The van der Waals surface area contributed by atoms with Gasteiger partial charge in [-0.1, -0.05) is 36.4 Å². The molecule has 0 saturated carbocycles. The van der Waals surface area contributed by atoms with E-state index in [-0.39, 0.29) is 24.1 Å². The Morgan fingerprint density at radius 1 is 1.03 bits per heavy atom. The van der Waals surface area contributed by atoms with E-state index in [0.29, 0.717) is 57.1 Å². The Morgan fingerprint density at radius 2 is 1.76 bits per heavy atom. The summed E-state index contributed by atoms with van der Waals surface area (Å²) >= 11 is 0. The first-order chi connectivity index (χ1) is 16.4. The number of ether oxygens (including phenoxy) is 2. The second-order valence-electron chi connectivity index (χ2n) is 8.47. The summed E-state index contributed by atoms with van der Waals surface area (Å²) in [4.78, 5) is 12.8. The maximum Gasteiger partial charge on any atom is 0.224 e. The van der Waals surface area contributed by atoms with Gasteiger partial charge in [-0.2, -0.15) is 0 Å². The van der Waals surface area contributed by atoms with Gasteiger partial charge in [-0.05, 0) is 62.8 Å². The average molecular weight is 489 g/mol. The van der Waals surface area contributed by atoms with E-state index in [1.54, 1.807) is 0 Å². The van der Waals surface area contributed by atoms with E-state index in [4.69, 9.17) is 9.47 Å². The van der Waals surface area contributed by atoms with Crippen LogP contribution < -0.4 is 14.8 Å². The number of rotatable bonds is 12. The van der Waals surface area contributed by atoms with Crippen LogP contribution in [0.5, 0.6) is 11.5 Å². The fourth-order valence-corrected chi connectivity index (χ4v) is 5.76. The molecule has 2 aromatic rings. The molecule has 0 bridgehead atoms. The quantitative estimate of drug-likeness (QED) is 0.492. The van der Waals surface area contributed by atoms with Gasteiger partial charge >= 0.3 is 0 Å². The molecule has 1 fully saturated rings. The summed E-state index contributed by atoms with van der Waals surface area (Å²) in [5, 5.41) is 2.97. The first kappa shape index (κ1) is 26.0. The first-order valence-electron chi connectivity index (χ1n) is 12.1. The van der Waals surface area contributed by atoms with Crippen molar-refractivity contribution in [3.8, 4) is 11.5 Å². The van der Waals surface area contributed by atoms with E-state index >= 15 is 0 Å². The lowest BCUT2D eigenvalue weighted by atomic mass is 9.98. The lowest BCUT2D eigenvalue weighted by molar-refractivity contribution is -0.126. The molecular formula is C26H36N2O5S. The zero-order valence-electron chi connectivity index (χ0n) is 20.2. The van der Waals surface area contributed by atoms with Gasteiger partial charge in [0, 0.05) is 19.6 Å². The summed E-state index contributed by atoms with van der Waals surface area (Å²) in [5.74, 6) is 0.979. The number of aryl methyl sites for hydroxylation is 1. The minimum atomic E-state index is -3.39. The molecule has 0 spiro atoms. The standard InChI is InChI=1S/C26H36N2O5S/c1-3-32-24-15-14-22(18-25(24)33-4-2)19-27-26(29)23-13-8-16-28(20-23)34(30,31)17-9-12-21-10-6-5-7-11-21/h5-7,10-11,14-15,18,23H,3-4,8-9,12-13,16-17,19-20H2,1-2H3,(H,27,29)/t23-/m0/s1. The third-order valence-electron chi connectivity index (χ3n) is 5.93. The normalized spacial score (nSPS) is 16.7. The first-order valence-corrected chi connectivity index (χ1v) is 13.7. The van der Waals surface area contributed by atoms with Gasteiger partial charge in [0.2, 0.25) is 15.9 Å². The summed E-state index contributed by atoms with van der Waals surface area (Å²) in [5.41, 5.74) is 2.04. The number of hydrogen-bond donors (Lipinski definition) is 1. The Hall–Kier alpha value is -2.58. The van der Waals surface area contributed by atoms with Crippen LogP contribution in [-0.4, -0.2) is 50.7 Å². The highest BCUT2D eigenvalue weighted by Crippen LogP contribution is 2.28. The Morgan fingerprint density at radius 3 is 2.50 bits per heavy atom. The van der Waals surface area contributed by atoms with Gasteiger partial charge in [-0.3, -0.25) is 4.79 Å². The van der Waals surface area contributed by atoms with E-state index in [2.05, 4.69) is 5.32 Å². The lowest BCUT2D eigenvalue weighted by Crippen LogP contribution is -2.46. The molecule has 1 heterocycles. The van der Waals surface area contributed by atoms with Gasteiger partial charge in [0.05, 0.1) is 24.9 Å². The molecule has 3 rings (SSSR count). The molecule has 2 aromatic carbocycles. The molecule has 1 N–H and O–H groups in total. The number of piperidine rings is 1. The van der Waals surface area contributed by atoms with Crippen LogP contribution in [0.3, 0.4) is 0 Å². The maximum atomic E-state index is 12.9. The van der Waals surface area contributed by atoms with Crippen molar-refractivity contribution in [3.05, 3.63) is 59.7 Å². The van der Waals surface area contributed by atoms with Crippen LogP contribution in [0.1, 0.15) is 44.2 Å². The molecule has 1 atom stereocenters. The van der Waals surface area contributed by atoms with Crippen molar-refractivity contribution in [3.63, 3.8) is 0 Å². The van der Waals surface area contributed by atoms with Gasteiger partial charge in [0.1, 0.15) is 0 Å². The molecule has 1 amide bonds. The molecule has 0 aliphatic carbocycles. The fraction of sp³-hybridized carbons (Fsp3) is 0.500. The van der Waals surface area contributed by atoms with Crippen molar-refractivity contribution in [1.82, 2.24) is 9.62 Å². The Balaban J connectivity index is 1.52. The zero-order valence-corrected chi connectivity index (χ0v) is 21.0. The maximum absolute atomic E-state index is 12.9. The highest BCUT2D eigenvalue weighted by molar-refractivity contribution is 7.89. The zero-order chi connectivity index (χ0) is 24.4. The van der Waals surface area contributed by atoms with E-state index in [1.165, 1.54) is 4.31 Å². The molecule has 0 radical (unpaired) electrons. The van der Waals surface area contributed by atoms with Crippen molar-refractivity contribution >= 4 is 15.9 Å². The lowest BCUT2D eigenvalue weighted by Gasteiger charge is -2.31. The third-order valence-corrected chi connectivity index (χ3v) is 7.86. The van der Waals surface area contributed by atoms with E-state index < -0.39 is 10.0 Å². The number of nitrogens with zero attached hydrogens (tertiary/aromatic N) is 1. The van der Waals surface area contributed by atoms with Gasteiger partial charge in [0.15, 0.2) is 11.5 Å². The molecule has 7 nitrogen and oxygen atoms in total. The Bertz CT molecular complexity index is 1030. The summed E-state index contributed by atoms with van der Waals surface area (Å²) in [6, 6.07) is 15.5. The second-order valence-corrected chi connectivity index (χ2v) is 10.6. The largest absolute Gasteiger partial charge is 0.490 e. The SMILES string of the molecule is CCOc1ccc(CNC(=O)[C@H]2CCCN(S(=O)(=O)CCCc3ccccc3)C2)cc1OCC.